The molecule has 0 atom stereocenters. The van der Waals surface area contributed by atoms with Gasteiger partial charge in [0.2, 0.25) is 0 Å². The number of carbonyl (C=O) groups excluding carboxylic acids is 1. The van der Waals surface area contributed by atoms with Gasteiger partial charge in [-0.2, -0.15) is 0 Å². The number of likely N-dealkylation sites (tertiary alicyclic amines) is 1. The van der Waals surface area contributed by atoms with Gasteiger partial charge < -0.3 is 25.6 Å². The molecule has 3 N–H and O–H groups in total. The molecule has 1 aromatic rings. The zero-order valence-electron chi connectivity index (χ0n) is 19.7. The number of benzene rings is 1. The summed E-state index contributed by atoms with van der Waals surface area (Å²) in [6.07, 6.45) is 1.49. The molecule has 3 rings (SSSR count). The first-order chi connectivity index (χ1) is 15.0. The quantitative estimate of drug-likeness (QED) is 0.317. The highest BCUT2D eigenvalue weighted by molar-refractivity contribution is 14.0. The van der Waals surface area contributed by atoms with Gasteiger partial charge in [0.25, 0.3) is 0 Å². The average Bonchev–Trinajstić information content (AvgIpc) is 2.77. The van der Waals surface area contributed by atoms with Crippen LogP contribution in [0, 0.1) is 13.8 Å². The third-order valence-electron chi connectivity index (χ3n) is 6.36. The number of hydrogen-bond acceptors (Lipinski definition) is 5. The lowest BCUT2D eigenvalue weighted by Gasteiger charge is -2.36. The fraction of sp³-hybridized carbons (Fsp3) is 0.652. The molecule has 8 nitrogen and oxygen atoms in total. The van der Waals surface area contributed by atoms with Crippen LogP contribution in [0.4, 0.5) is 10.5 Å². The fourth-order valence-corrected chi connectivity index (χ4v) is 4.28. The number of aliphatic imine (C=N–C) groups is 1. The van der Waals surface area contributed by atoms with Crippen molar-refractivity contribution in [2.24, 2.45) is 10.7 Å². The number of nitrogens with one attached hydrogen (secondary N) is 1. The van der Waals surface area contributed by atoms with Crippen LogP contribution in [0.2, 0.25) is 0 Å². The molecule has 2 saturated heterocycles. The summed E-state index contributed by atoms with van der Waals surface area (Å²) in [6, 6.07) is 6.81. The van der Waals surface area contributed by atoms with Crippen molar-refractivity contribution in [1.82, 2.24) is 15.1 Å². The lowest BCUT2D eigenvalue weighted by atomic mass is 10.1. The highest BCUT2D eigenvalue weighted by Gasteiger charge is 2.24. The smallest absolute Gasteiger partial charge is 0.409 e. The van der Waals surface area contributed by atoms with E-state index in [1.807, 2.05) is 6.92 Å². The Bertz CT molecular complexity index is 759. The van der Waals surface area contributed by atoms with Crippen molar-refractivity contribution in [3.05, 3.63) is 29.3 Å². The Morgan fingerprint density at radius 1 is 1.16 bits per heavy atom. The predicted molar refractivity (Wildman–Crippen MR) is 141 cm³/mol. The molecule has 2 aliphatic heterocycles. The molecule has 9 heteroatoms. The van der Waals surface area contributed by atoms with Gasteiger partial charge in [-0.1, -0.05) is 12.1 Å². The van der Waals surface area contributed by atoms with Gasteiger partial charge in [0.1, 0.15) is 0 Å². The molecular formula is C23H39IN6O2. The van der Waals surface area contributed by atoms with Gasteiger partial charge >= 0.3 is 6.09 Å². The molecule has 0 aliphatic carbocycles. The summed E-state index contributed by atoms with van der Waals surface area (Å²) >= 11 is 0. The SMILES string of the molecule is CCOC(=O)N1CCC(NC(N)=NCCN2CCN(c3cccc(C)c3C)CC2)CC1.I. The van der Waals surface area contributed by atoms with Crippen LogP contribution in [-0.4, -0.2) is 86.9 Å². The Balaban J connectivity index is 0.00000363. The predicted octanol–water partition coefficient (Wildman–Crippen LogP) is 2.57. The number of halogens is 1. The van der Waals surface area contributed by atoms with Crippen molar-refractivity contribution in [3.8, 4) is 0 Å². The third-order valence-corrected chi connectivity index (χ3v) is 6.36. The molecule has 1 amide bonds. The van der Waals surface area contributed by atoms with E-state index >= 15 is 0 Å². The molecular weight excluding hydrogens is 519 g/mol. The first kappa shape index (κ1) is 26.5. The molecule has 0 spiro atoms. The molecule has 2 heterocycles. The molecule has 0 aromatic heterocycles. The van der Waals surface area contributed by atoms with Crippen LogP contribution < -0.4 is 16.0 Å². The Labute approximate surface area is 209 Å². The maximum absolute atomic E-state index is 11.8. The van der Waals surface area contributed by atoms with E-state index in [0.29, 0.717) is 32.2 Å². The van der Waals surface area contributed by atoms with Gasteiger partial charge in [-0.3, -0.25) is 9.89 Å². The van der Waals surface area contributed by atoms with Crippen LogP contribution in [-0.2, 0) is 4.74 Å². The number of amides is 1. The van der Waals surface area contributed by atoms with Gasteiger partial charge in [0.05, 0.1) is 13.2 Å². The highest BCUT2D eigenvalue weighted by Crippen LogP contribution is 2.23. The van der Waals surface area contributed by atoms with Crippen molar-refractivity contribution in [1.29, 1.82) is 0 Å². The normalized spacial score (nSPS) is 18.3. The summed E-state index contributed by atoms with van der Waals surface area (Å²) < 4.78 is 5.06. The van der Waals surface area contributed by atoms with E-state index in [4.69, 9.17) is 10.5 Å². The van der Waals surface area contributed by atoms with Gasteiger partial charge in [-0.05, 0) is 50.8 Å². The Hall–Kier alpha value is -1.75. The van der Waals surface area contributed by atoms with Crippen molar-refractivity contribution in [3.63, 3.8) is 0 Å². The van der Waals surface area contributed by atoms with E-state index in [9.17, 15) is 4.79 Å². The van der Waals surface area contributed by atoms with Crippen molar-refractivity contribution in [2.75, 3.05) is 63.9 Å². The second-order valence-corrected chi connectivity index (χ2v) is 8.42. The largest absolute Gasteiger partial charge is 0.450 e. The lowest BCUT2D eigenvalue weighted by Crippen LogP contribution is -2.49. The zero-order chi connectivity index (χ0) is 22.2. The Morgan fingerprint density at radius 3 is 2.50 bits per heavy atom. The average molecular weight is 559 g/mol. The van der Waals surface area contributed by atoms with Crippen molar-refractivity contribution >= 4 is 41.7 Å². The van der Waals surface area contributed by atoms with Gasteiger partial charge in [-0.25, -0.2) is 4.79 Å². The number of nitrogens with two attached hydrogens (primary N) is 1. The van der Waals surface area contributed by atoms with Crippen molar-refractivity contribution < 1.29 is 9.53 Å². The number of nitrogens with zero attached hydrogens (tertiary/aromatic N) is 4. The number of piperazine rings is 1. The molecule has 0 saturated carbocycles. The lowest BCUT2D eigenvalue weighted by molar-refractivity contribution is 0.0963. The molecule has 180 valence electrons. The number of aryl methyl sites for hydroxylation is 1. The van der Waals surface area contributed by atoms with Crippen LogP contribution >= 0.6 is 24.0 Å². The van der Waals surface area contributed by atoms with E-state index in [2.05, 4.69) is 52.2 Å². The van der Waals surface area contributed by atoms with E-state index in [0.717, 1.165) is 45.6 Å². The van der Waals surface area contributed by atoms with Crippen LogP contribution in [0.15, 0.2) is 23.2 Å². The topological polar surface area (TPSA) is 86.4 Å². The van der Waals surface area contributed by atoms with Crippen LogP contribution in [0.5, 0.6) is 0 Å². The highest BCUT2D eigenvalue weighted by atomic mass is 127. The molecule has 0 bridgehead atoms. The minimum Gasteiger partial charge on any atom is -0.450 e. The standard InChI is InChI=1S/C23H38N6O2.HI/c1-4-31-23(30)29-11-8-20(9-12-29)26-22(24)25-10-13-27-14-16-28(17-15-27)21-7-5-6-18(2)19(21)3;/h5-7,20H,4,8-17H2,1-3H3,(H3,24,25,26);1H. The number of hydrogen-bond donors (Lipinski definition) is 2. The minimum atomic E-state index is -0.222. The van der Waals surface area contributed by atoms with Crippen molar-refractivity contribution in [2.45, 2.75) is 39.7 Å². The maximum Gasteiger partial charge on any atom is 0.409 e. The zero-order valence-corrected chi connectivity index (χ0v) is 22.0. The van der Waals surface area contributed by atoms with Crippen LogP contribution in [0.25, 0.3) is 0 Å². The van der Waals surface area contributed by atoms with Gasteiger partial charge in [0, 0.05) is 57.5 Å². The number of piperidine rings is 1. The number of ether oxygens (including phenoxy) is 1. The summed E-state index contributed by atoms with van der Waals surface area (Å²) in [4.78, 5) is 23.0. The van der Waals surface area contributed by atoms with Crippen LogP contribution in [0.1, 0.15) is 30.9 Å². The summed E-state index contributed by atoms with van der Waals surface area (Å²) in [6.45, 7) is 13.8. The first-order valence-corrected chi connectivity index (χ1v) is 11.5. The number of guanidine groups is 1. The summed E-state index contributed by atoms with van der Waals surface area (Å²) in [7, 11) is 0. The summed E-state index contributed by atoms with van der Waals surface area (Å²) in [5, 5.41) is 3.31. The molecule has 32 heavy (non-hydrogen) atoms. The fourth-order valence-electron chi connectivity index (χ4n) is 4.28. The van der Waals surface area contributed by atoms with Crippen LogP contribution in [0.3, 0.4) is 0 Å². The van der Waals surface area contributed by atoms with Gasteiger partial charge in [0.15, 0.2) is 5.96 Å². The maximum atomic E-state index is 11.8. The number of anilines is 1. The molecule has 1 aromatic carbocycles. The molecule has 2 aliphatic rings. The molecule has 0 radical (unpaired) electrons. The molecule has 0 unspecified atom stereocenters. The monoisotopic (exact) mass is 558 g/mol. The van der Waals surface area contributed by atoms with Gasteiger partial charge in [-0.15, -0.1) is 24.0 Å². The van der Waals surface area contributed by atoms with E-state index in [-0.39, 0.29) is 36.1 Å². The Kier molecular flexibility index (Phi) is 10.8. The van der Waals surface area contributed by atoms with E-state index in [1.165, 1.54) is 16.8 Å². The molecule has 2 fully saturated rings. The third kappa shape index (κ3) is 7.40. The minimum absolute atomic E-state index is 0. The second kappa shape index (κ2) is 13.1. The summed E-state index contributed by atoms with van der Waals surface area (Å²) in [5.41, 5.74) is 10.2. The second-order valence-electron chi connectivity index (χ2n) is 8.42. The van der Waals surface area contributed by atoms with E-state index < -0.39 is 0 Å². The number of carbonyl (C=O) groups is 1. The Morgan fingerprint density at radius 2 is 1.84 bits per heavy atom. The first-order valence-electron chi connectivity index (χ1n) is 11.5. The van der Waals surface area contributed by atoms with E-state index in [1.54, 1.807) is 4.90 Å². The summed E-state index contributed by atoms with van der Waals surface area (Å²) in [5.74, 6) is 0.503. The number of rotatable bonds is 6.